The van der Waals surface area contributed by atoms with E-state index < -0.39 is 26.5 Å². The van der Waals surface area contributed by atoms with Crippen molar-refractivity contribution >= 4 is 19.8 Å². The molecule has 0 amide bonds. The highest BCUT2D eigenvalue weighted by atomic mass is 31.2. The summed E-state index contributed by atoms with van der Waals surface area (Å²) in [5.41, 5.74) is 0. The molecule has 0 bridgehead atoms. The third-order valence-electron chi connectivity index (χ3n) is 16.0. The molecule has 10 heteroatoms. The first-order valence-corrected chi connectivity index (χ1v) is 38.8. The van der Waals surface area contributed by atoms with Crippen LogP contribution in [0.15, 0.2) is 122 Å². The molecule has 0 spiro atoms. The zero-order valence-electron chi connectivity index (χ0n) is 59.1. The van der Waals surface area contributed by atoms with E-state index in [1.54, 1.807) is 0 Å². The molecule has 0 aromatic rings. The molecule has 9 nitrogen and oxygen atoms in total. The number of ether oxygens (including phenoxy) is 2. The van der Waals surface area contributed by atoms with E-state index in [0.717, 1.165) is 103 Å². The number of carbonyl (C=O) groups is 2. The number of phosphoric ester groups is 1. The van der Waals surface area contributed by atoms with Gasteiger partial charge in [0.05, 0.1) is 27.7 Å². The van der Waals surface area contributed by atoms with Crippen LogP contribution in [0.5, 0.6) is 0 Å². The second-order valence-corrected chi connectivity index (χ2v) is 27.4. The Morgan fingerprint density at radius 1 is 0.344 bits per heavy atom. The monoisotopic (exact) mass is 1280 g/mol. The van der Waals surface area contributed by atoms with Crippen LogP contribution in [0.2, 0.25) is 0 Å². The fourth-order valence-corrected chi connectivity index (χ4v) is 11.1. The molecule has 0 aliphatic carbocycles. The van der Waals surface area contributed by atoms with Crippen molar-refractivity contribution < 1.29 is 42.1 Å². The van der Waals surface area contributed by atoms with Gasteiger partial charge in [-0.3, -0.25) is 18.6 Å². The number of nitrogens with zero attached hydrogens (tertiary/aromatic N) is 1. The van der Waals surface area contributed by atoms with Crippen LogP contribution in [0.25, 0.3) is 0 Å². The van der Waals surface area contributed by atoms with E-state index in [-0.39, 0.29) is 32.0 Å². The van der Waals surface area contributed by atoms with Crippen molar-refractivity contribution in [2.45, 2.75) is 328 Å². The number of hydrogen-bond donors (Lipinski definition) is 1. The maximum Gasteiger partial charge on any atom is 0.472 e. The molecule has 0 fully saturated rings. The molecule has 0 aliphatic heterocycles. The van der Waals surface area contributed by atoms with Crippen LogP contribution in [-0.2, 0) is 32.7 Å². The largest absolute Gasteiger partial charge is 0.472 e. The van der Waals surface area contributed by atoms with Gasteiger partial charge in [-0.2, -0.15) is 0 Å². The highest BCUT2D eigenvalue weighted by Crippen LogP contribution is 2.43. The molecule has 0 rings (SSSR count). The fourth-order valence-electron chi connectivity index (χ4n) is 10.4. The lowest BCUT2D eigenvalue weighted by Crippen LogP contribution is -2.37. The lowest BCUT2D eigenvalue weighted by atomic mass is 10.0. The van der Waals surface area contributed by atoms with Crippen molar-refractivity contribution in [1.29, 1.82) is 0 Å². The second-order valence-electron chi connectivity index (χ2n) is 25.9. The standard InChI is InChI=1S/C80H140NO8P/c1-6-8-10-12-14-16-18-20-22-24-26-28-30-32-34-36-38-39-40-41-43-44-46-48-50-52-54-56-58-60-62-64-66-68-70-72-79(82)86-76-78(77-88-90(84,85)87-75-74-81(3,4)5)89-80(83)73-71-69-67-65-63-61-59-57-55-53-51-49-47-45-42-37-35-33-31-29-27-25-23-21-19-17-15-13-11-9-7-2/h8-11,14-17,20-23,26-29,33,35,42,45,78H,6-7,12-13,18-19,24-25,30-32,34,36-41,43-44,46-77H2,1-5H3/p+1/b10-8-,11-9-,16-14-,17-15-,22-20-,23-21-,28-26-,29-27-,35-33-,45-42-. The first-order chi connectivity index (χ1) is 44.0. The summed E-state index contributed by atoms with van der Waals surface area (Å²) in [5, 5.41) is 0. The topological polar surface area (TPSA) is 108 Å². The van der Waals surface area contributed by atoms with Gasteiger partial charge >= 0.3 is 19.8 Å². The minimum Gasteiger partial charge on any atom is -0.462 e. The van der Waals surface area contributed by atoms with Crippen LogP contribution >= 0.6 is 7.82 Å². The van der Waals surface area contributed by atoms with Crippen molar-refractivity contribution in [3.63, 3.8) is 0 Å². The van der Waals surface area contributed by atoms with Gasteiger partial charge in [-0.1, -0.05) is 328 Å². The van der Waals surface area contributed by atoms with Crippen LogP contribution in [-0.4, -0.2) is 74.9 Å². The predicted octanol–water partition coefficient (Wildman–Crippen LogP) is 24.6. The Kier molecular flexibility index (Phi) is 67.0. The number of carbonyl (C=O) groups excluding carboxylic acids is 2. The first kappa shape index (κ1) is 86.4. The fraction of sp³-hybridized carbons (Fsp3) is 0.725. The summed E-state index contributed by atoms with van der Waals surface area (Å²) in [6.45, 7) is 4.24. The van der Waals surface area contributed by atoms with Gasteiger partial charge in [0.25, 0.3) is 0 Å². The smallest absolute Gasteiger partial charge is 0.462 e. The Hall–Kier alpha value is -3.59. The van der Waals surface area contributed by atoms with Crippen molar-refractivity contribution in [2.24, 2.45) is 0 Å². The summed E-state index contributed by atoms with van der Waals surface area (Å²) in [6, 6.07) is 0. The zero-order valence-corrected chi connectivity index (χ0v) is 60.0. The number of quaternary nitrogens is 1. The summed E-state index contributed by atoms with van der Waals surface area (Å²) in [4.78, 5) is 35.9. The van der Waals surface area contributed by atoms with E-state index in [1.165, 1.54) is 186 Å². The van der Waals surface area contributed by atoms with E-state index in [2.05, 4.69) is 135 Å². The molecule has 0 radical (unpaired) electrons. The van der Waals surface area contributed by atoms with E-state index in [4.69, 9.17) is 18.5 Å². The number of unbranched alkanes of at least 4 members (excludes halogenated alkanes) is 34. The van der Waals surface area contributed by atoms with Crippen molar-refractivity contribution in [3.8, 4) is 0 Å². The summed E-state index contributed by atoms with van der Waals surface area (Å²) in [7, 11) is 1.48. The Bertz CT molecular complexity index is 1940. The summed E-state index contributed by atoms with van der Waals surface area (Å²) in [5.74, 6) is -0.791. The minimum atomic E-state index is -4.40. The quantitative estimate of drug-likeness (QED) is 0.0211. The number of rotatable bonds is 68. The van der Waals surface area contributed by atoms with Crippen LogP contribution in [0.3, 0.4) is 0 Å². The number of esters is 2. The molecule has 518 valence electrons. The maximum absolute atomic E-state index is 12.9. The molecule has 2 unspecified atom stereocenters. The first-order valence-electron chi connectivity index (χ1n) is 37.3. The van der Waals surface area contributed by atoms with Crippen LogP contribution in [0, 0.1) is 0 Å². The summed E-state index contributed by atoms with van der Waals surface area (Å²) < 4.78 is 34.8. The van der Waals surface area contributed by atoms with Gasteiger partial charge < -0.3 is 18.9 Å². The molecule has 2 atom stereocenters. The predicted molar refractivity (Wildman–Crippen MR) is 390 cm³/mol. The van der Waals surface area contributed by atoms with Crippen LogP contribution in [0.1, 0.15) is 322 Å². The molecule has 0 aromatic carbocycles. The summed E-state index contributed by atoms with van der Waals surface area (Å²) >= 11 is 0. The zero-order chi connectivity index (χ0) is 65.5. The van der Waals surface area contributed by atoms with Crippen LogP contribution < -0.4 is 0 Å². The molecular formula is C80H141NO8P+. The van der Waals surface area contributed by atoms with Gasteiger partial charge in [0.2, 0.25) is 0 Å². The lowest BCUT2D eigenvalue weighted by molar-refractivity contribution is -0.870. The highest BCUT2D eigenvalue weighted by molar-refractivity contribution is 7.47. The van der Waals surface area contributed by atoms with E-state index in [9.17, 15) is 19.0 Å². The van der Waals surface area contributed by atoms with E-state index in [1.807, 2.05) is 21.1 Å². The number of likely N-dealkylation sites (N-methyl/N-ethyl adjacent to an activating group) is 1. The van der Waals surface area contributed by atoms with Crippen LogP contribution in [0.4, 0.5) is 0 Å². The Morgan fingerprint density at radius 3 is 0.889 bits per heavy atom. The number of allylic oxidation sites excluding steroid dienone is 20. The third-order valence-corrected chi connectivity index (χ3v) is 17.0. The number of phosphoric acid groups is 1. The lowest BCUT2D eigenvalue weighted by Gasteiger charge is -2.24. The molecule has 90 heavy (non-hydrogen) atoms. The van der Waals surface area contributed by atoms with E-state index in [0.29, 0.717) is 17.4 Å². The Labute approximate surface area is 556 Å². The molecule has 1 N–H and O–H groups in total. The van der Waals surface area contributed by atoms with Gasteiger partial charge in [-0.05, 0) is 103 Å². The Balaban J connectivity index is 4.00. The van der Waals surface area contributed by atoms with Gasteiger partial charge in [0.1, 0.15) is 19.8 Å². The average molecular weight is 1280 g/mol. The highest BCUT2D eigenvalue weighted by Gasteiger charge is 2.27. The minimum absolute atomic E-state index is 0.0284. The molecule has 0 aliphatic rings. The molecule has 0 saturated carbocycles. The summed E-state index contributed by atoms with van der Waals surface area (Å²) in [6.07, 6.45) is 100. The second kappa shape index (κ2) is 69.7. The van der Waals surface area contributed by atoms with Crippen molar-refractivity contribution in [3.05, 3.63) is 122 Å². The van der Waals surface area contributed by atoms with Crippen molar-refractivity contribution in [2.75, 3.05) is 47.5 Å². The van der Waals surface area contributed by atoms with E-state index >= 15 is 0 Å². The third kappa shape index (κ3) is 73.5. The molecular weight excluding hydrogens is 1130 g/mol. The van der Waals surface area contributed by atoms with Gasteiger partial charge in [0.15, 0.2) is 6.10 Å². The van der Waals surface area contributed by atoms with Gasteiger partial charge in [-0.15, -0.1) is 0 Å². The molecule has 0 heterocycles. The SMILES string of the molecule is CC/C=C\C/C=C\C/C=C\C/C=C\C/C=C\C/C=C\CCCCCCCCCCCCCCC(=O)OC(COC(=O)CCCCCCCCCCCCCCCCCCCCCCCC/C=C\C/C=C\C/C=C\C/C=C\CC)COP(=O)(O)OCC[N+](C)(C)C. The normalized spacial score (nSPS) is 13.8. The maximum atomic E-state index is 12.9. The molecule has 0 aromatic heterocycles. The Morgan fingerprint density at radius 2 is 0.600 bits per heavy atom. The average Bonchev–Trinajstić information content (AvgIpc) is 3.58. The van der Waals surface area contributed by atoms with Crippen molar-refractivity contribution in [1.82, 2.24) is 0 Å². The van der Waals surface area contributed by atoms with Gasteiger partial charge in [-0.25, -0.2) is 4.57 Å². The molecule has 0 saturated heterocycles. The number of hydrogen-bond acceptors (Lipinski definition) is 7. The van der Waals surface area contributed by atoms with Gasteiger partial charge in [0, 0.05) is 12.8 Å².